The number of methoxy groups -OCH3 is 1. The minimum Gasteiger partial charge on any atom is -0.487 e. The molecular formula is C22H29N3O6S2. The molecular weight excluding hydrogens is 466 g/mol. The van der Waals surface area contributed by atoms with Crippen LogP contribution in [-0.4, -0.2) is 65.7 Å². The minimum absolute atomic E-state index is 0.0569. The Morgan fingerprint density at radius 2 is 1.82 bits per heavy atom. The third-order valence-electron chi connectivity index (χ3n) is 4.96. The number of benzene rings is 1. The number of rotatable bonds is 13. The first kappa shape index (κ1) is 26.9. The van der Waals surface area contributed by atoms with Crippen LogP contribution in [0.15, 0.2) is 29.3 Å². The number of carbonyl (C=O) groups is 4. The first-order chi connectivity index (χ1) is 15.8. The van der Waals surface area contributed by atoms with E-state index in [1.54, 1.807) is 33.7 Å². The van der Waals surface area contributed by atoms with Crippen LogP contribution in [0.4, 0.5) is 0 Å². The van der Waals surface area contributed by atoms with E-state index in [4.69, 9.17) is 15.3 Å². The van der Waals surface area contributed by atoms with Crippen LogP contribution in [0, 0.1) is 0 Å². The summed E-state index contributed by atoms with van der Waals surface area (Å²) in [5, 5.41) is 0.851. The third kappa shape index (κ3) is 8.17. The van der Waals surface area contributed by atoms with E-state index in [0.717, 1.165) is 12.0 Å². The normalized spacial score (nSPS) is 16.7. The van der Waals surface area contributed by atoms with Crippen molar-refractivity contribution in [2.75, 3.05) is 19.4 Å². The quantitative estimate of drug-likeness (QED) is 0.190. The smallest absolute Gasteiger partial charge is 0.363 e. The number of nitrogens with zero attached hydrogens (tertiary/aromatic N) is 2. The van der Waals surface area contributed by atoms with Crippen molar-refractivity contribution in [3.63, 3.8) is 0 Å². The Morgan fingerprint density at radius 3 is 2.39 bits per heavy atom. The molecule has 180 valence electrons. The molecule has 1 aliphatic heterocycles. The minimum atomic E-state index is -0.740. The highest BCUT2D eigenvalue weighted by Gasteiger charge is 2.33. The van der Waals surface area contributed by atoms with E-state index in [9.17, 15) is 19.2 Å². The van der Waals surface area contributed by atoms with Crippen LogP contribution in [0.25, 0.3) is 0 Å². The molecule has 0 radical (unpaired) electrons. The molecule has 1 fully saturated rings. The molecule has 2 amide bonds. The van der Waals surface area contributed by atoms with E-state index in [-0.39, 0.29) is 36.7 Å². The molecule has 2 N–H and O–H groups in total. The van der Waals surface area contributed by atoms with Crippen molar-refractivity contribution in [2.45, 2.75) is 50.3 Å². The molecule has 9 nitrogen and oxygen atoms in total. The lowest BCUT2D eigenvalue weighted by Crippen LogP contribution is -2.32. The van der Waals surface area contributed by atoms with Gasteiger partial charge in [-0.25, -0.2) is 9.79 Å². The van der Waals surface area contributed by atoms with Gasteiger partial charge in [0.05, 0.1) is 19.2 Å². The number of hydrogen-bond acceptors (Lipinski definition) is 10. The average Bonchev–Trinajstić information content (AvgIpc) is 3.12. The number of Topliss-reactive ketones (excluding diaryl/α,β-unsaturated/α-hetero) is 1. The highest BCUT2D eigenvalue weighted by Crippen LogP contribution is 2.34. The second-order valence-corrected chi connectivity index (χ2v) is 10.4. The summed E-state index contributed by atoms with van der Waals surface area (Å²) in [6, 6.07) is 6.42. The molecule has 0 saturated carbocycles. The predicted molar refractivity (Wildman–Crippen MR) is 129 cm³/mol. The van der Waals surface area contributed by atoms with Crippen molar-refractivity contribution in [3.05, 3.63) is 35.4 Å². The zero-order valence-corrected chi connectivity index (χ0v) is 20.5. The fourth-order valence-electron chi connectivity index (χ4n) is 3.12. The molecule has 11 heteroatoms. The summed E-state index contributed by atoms with van der Waals surface area (Å²) in [5.74, 6) is -1.14. The van der Waals surface area contributed by atoms with Crippen molar-refractivity contribution in [1.82, 2.24) is 5.06 Å². The van der Waals surface area contributed by atoms with Crippen molar-refractivity contribution >= 4 is 51.6 Å². The van der Waals surface area contributed by atoms with Gasteiger partial charge in [-0.1, -0.05) is 47.6 Å². The van der Waals surface area contributed by atoms with Gasteiger partial charge in [0.2, 0.25) is 0 Å². The highest BCUT2D eigenvalue weighted by atomic mass is 33.1. The zero-order chi connectivity index (χ0) is 24.4. The van der Waals surface area contributed by atoms with Crippen LogP contribution in [0.3, 0.4) is 0 Å². The van der Waals surface area contributed by atoms with E-state index < -0.39 is 23.8 Å². The summed E-state index contributed by atoms with van der Waals surface area (Å²) >= 11 is 0. The fourth-order valence-corrected chi connectivity index (χ4v) is 5.76. The first-order valence-corrected chi connectivity index (χ1v) is 12.9. The van der Waals surface area contributed by atoms with Gasteiger partial charge in [-0.3, -0.25) is 14.4 Å². The summed E-state index contributed by atoms with van der Waals surface area (Å²) in [7, 11) is 4.73. The molecule has 3 unspecified atom stereocenters. The lowest BCUT2D eigenvalue weighted by Gasteiger charge is -2.18. The van der Waals surface area contributed by atoms with Crippen LogP contribution in [0.2, 0.25) is 0 Å². The molecule has 2 rings (SSSR count). The second-order valence-electron chi connectivity index (χ2n) is 7.59. The fraction of sp³-hybridized carbons (Fsp3) is 0.500. The Hall–Kier alpha value is -2.37. The van der Waals surface area contributed by atoms with Crippen LogP contribution in [0.1, 0.15) is 54.9 Å². The molecule has 0 spiro atoms. The topological polar surface area (TPSA) is 128 Å². The van der Waals surface area contributed by atoms with E-state index >= 15 is 0 Å². The van der Waals surface area contributed by atoms with Gasteiger partial charge in [0.1, 0.15) is 6.04 Å². The number of ether oxygens (including phenoxy) is 1. The van der Waals surface area contributed by atoms with Crippen LogP contribution < -0.4 is 5.73 Å². The highest BCUT2D eigenvalue weighted by molar-refractivity contribution is 8.76. The molecule has 3 atom stereocenters. The van der Waals surface area contributed by atoms with Crippen LogP contribution in [-0.2, 0) is 24.0 Å². The number of hydroxylamine groups is 2. The summed E-state index contributed by atoms with van der Waals surface area (Å²) in [6.07, 6.45) is 2.26. The van der Waals surface area contributed by atoms with Gasteiger partial charge >= 0.3 is 5.97 Å². The van der Waals surface area contributed by atoms with E-state index in [1.807, 2.05) is 12.1 Å². The summed E-state index contributed by atoms with van der Waals surface area (Å²) in [6.45, 7) is 4.15. The summed E-state index contributed by atoms with van der Waals surface area (Å²) in [4.78, 5) is 56.3. The van der Waals surface area contributed by atoms with Crippen molar-refractivity contribution in [3.8, 4) is 0 Å². The zero-order valence-electron chi connectivity index (χ0n) is 18.9. The third-order valence-corrected chi connectivity index (χ3v) is 7.87. The van der Waals surface area contributed by atoms with Gasteiger partial charge in [-0.15, -0.1) is 5.06 Å². The number of nitrogens with two attached hydrogens (primary N) is 1. The Kier molecular flexibility index (Phi) is 10.9. The van der Waals surface area contributed by atoms with Gasteiger partial charge in [0, 0.05) is 23.8 Å². The lowest BCUT2D eigenvalue weighted by atomic mass is 9.95. The number of hydrogen-bond donors (Lipinski definition) is 1. The predicted octanol–water partition coefficient (Wildman–Crippen LogP) is 2.74. The van der Waals surface area contributed by atoms with Crippen molar-refractivity contribution < 1.29 is 28.8 Å². The number of amides is 2. The first-order valence-electron chi connectivity index (χ1n) is 10.5. The maximum atomic E-state index is 12.2. The van der Waals surface area contributed by atoms with Gasteiger partial charge in [0.15, 0.2) is 12.2 Å². The van der Waals surface area contributed by atoms with E-state index in [1.165, 1.54) is 13.5 Å². The lowest BCUT2D eigenvalue weighted by molar-refractivity contribution is -0.172. The Labute approximate surface area is 201 Å². The SMILES string of the molecule is COC=NC(CSSC(C)CC(C)c1ccc(C(=O)ON2C(=O)CCC2=O)cc1)C(=O)CN. The van der Waals surface area contributed by atoms with Gasteiger partial charge in [0.25, 0.3) is 11.8 Å². The molecule has 1 aromatic carbocycles. The van der Waals surface area contributed by atoms with E-state index in [0.29, 0.717) is 16.1 Å². The number of aliphatic imine (C=N–C) groups is 1. The molecule has 1 saturated heterocycles. The maximum absolute atomic E-state index is 12.2. The van der Waals surface area contributed by atoms with Crippen LogP contribution in [0.5, 0.6) is 0 Å². The molecule has 0 aliphatic carbocycles. The Bertz CT molecular complexity index is 861. The van der Waals surface area contributed by atoms with Crippen LogP contribution >= 0.6 is 21.6 Å². The van der Waals surface area contributed by atoms with Crippen molar-refractivity contribution in [2.24, 2.45) is 10.7 Å². The average molecular weight is 496 g/mol. The van der Waals surface area contributed by atoms with Gasteiger partial charge in [-0.2, -0.15) is 0 Å². The number of ketones is 1. The monoisotopic (exact) mass is 495 g/mol. The van der Waals surface area contributed by atoms with Gasteiger partial charge in [-0.05, 0) is 30.0 Å². The number of carbonyl (C=O) groups excluding carboxylic acids is 4. The molecule has 0 aromatic heterocycles. The summed E-state index contributed by atoms with van der Waals surface area (Å²) in [5.41, 5.74) is 6.77. The summed E-state index contributed by atoms with van der Waals surface area (Å²) < 4.78 is 4.80. The number of imide groups is 1. The van der Waals surface area contributed by atoms with Gasteiger partial charge < -0.3 is 15.3 Å². The molecule has 1 aromatic rings. The van der Waals surface area contributed by atoms with Crippen molar-refractivity contribution in [1.29, 1.82) is 0 Å². The molecule has 0 bridgehead atoms. The largest absolute Gasteiger partial charge is 0.487 e. The molecule has 33 heavy (non-hydrogen) atoms. The Balaban J connectivity index is 1.83. The molecule has 1 heterocycles. The standard InChI is InChI=1S/C22H29N3O6S2/c1-14(10-15(2)33-32-12-18(19(26)11-23)24-13-30-3)16-4-6-17(7-5-16)22(29)31-25-20(27)8-9-21(25)28/h4-7,13-15,18H,8-12,23H2,1-3H3. The second kappa shape index (κ2) is 13.4. The van der Waals surface area contributed by atoms with E-state index in [2.05, 4.69) is 18.8 Å². The maximum Gasteiger partial charge on any atom is 0.363 e. The Morgan fingerprint density at radius 1 is 1.18 bits per heavy atom. The molecule has 1 aliphatic rings.